The third kappa shape index (κ3) is 6.58. The van der Waals surface area contributed by atoms with Gasteiger partial charge in [-0.25, -0.2) is 13.6 Å². The maximum absolute atomic E-state index is 14.8. The molecular formula is C27H26F5N3O3. The quantitative estimate of drug-likeness (QED) is 0.408. The van der Waals surface area contributed by atoms with Crippen LogP contribution in [0.15, 0.2) is 54.3 Å². The van der Waals surface area contributed by atoms with Gasteiger partial charge in [0.25, 0.3) is 0 Å². The number of benzene rings is 2. The summed E-state index contributed by atoms with van der Waals surface area (Å²) in [5.41, 5.74) is -0.244. The molecule has 0 unspecified atom stereocenters. The molecule has 1 fully saturated rings. The zero-order valence-corrected chi connectivity index (χ0v) is 20.5. The number of nitrogens with zero attached hydrogens (tertiary/aromatic N) is 1. The number of alkyl halides is 4. The number of anilines is 2. The first-order valence-corrected chi connectivity index (χ1v) is 12.1. The zero-order chi connectivity index (χ0) is 27.4. The van der Waals surface area contributed by atoms with Crippen molar-refractivity contribution >= 4 is 28.8 Å². The molecule has 0 aromatic heterocycles. The first-order chi connectivity index (χ1) is 18.0. The van der Waals surface area contributed by atoms with Crippen LogP contribution in [0.5, 0.6) is 0 Å². The van der Waals surface area contributed by atoms with Crippen LogP contribution >= 0.6 is 0 Å². The Kier molecular flexibility index (Phi) is 8.15. The molecule has 2 amide bonds. The van der Waals surface area contributed by atoms with Gasteiger partial charge in [-0.05, 0) is 60.4 Å². The summed E-state index contributed by atoms with van der Waals surface area (Å²) in [5, 5.41) is 4.59. The molecule has 2 aromatic carbocycles. The van der Waals surface area contributed by atoms with Crippen molar-refractivity contribution in [2.45, 2.75) is 38.7 Å². The molecule has 1 saturated heterocycles. The molecule has 2 N–H and O–H groups in total. The number of rotatable bonds is 7. The van der Waals surface area contributed by atoms with E-state index < -0.39 is 29.8 Å². The number of hydrogen-bond donors (Lipinski definition) is 2. The highest BCUT2D eigenvalue weighted by Crippen LogP contribution is 2.35. The molecule has 1 heterocycles. The molecule has 0 saturated carbocycles. The van der Waals surface area contributed by atoms with E-state index in [1.165, 1.54) is 36.4 Å². The van der Waals surface area contributed by atoms with Gasteiger partial charge in [0.15, 0.2) is 5.76 Å². The number of carbonyl (C=O) groups is 2. The summed E-state index contributed by atoms with van der Waals surface area (Å²) in [4.78, 5) is 25.9. The lowest BCUT2D eigenvalue weighted by atomic mass is 9.97. The van der Waals surface area contributed by atoms with E-state index in [0.29, 0.717) is 24.3 Å². The third-order valence-corrected chi connectivity index (χ3v) is 6.20. The second-order valence-electron chi connectivity index (χ2n) is 8.99. The smallest absolute Gasteiger partial charge is 0.416 e. The van der Waals surface area contributed by atoms with Crippen molar-refractivity contribution in [3.8, 4) is 0 Å². The van der Waals surface area contributed by atoms with E-state index in [0.717, 1.165) is 6.07 Å². The largest absolute Gasteiger partial charge is 0.490 e. The molecule has 11 heteroatoms. The lowest BCUT2D eigenvalue weighted by molar-refractivity contribution is -0.138. The van der Waals surface area contributed by atoms with Gasteiger partial charge >= 0.3 is 12.2 Å². The maximum Gasteiger partial charge on any atom is 0.416 e. The van der Waals surface area contributed by atoms with E-state index in [-0.39, 0.29) is 54.4 Å². The highest BCUT2D eigenvalue weighted by atomic mass is 19.4. The van der Waals surface area contributed by atoms with Crippen LogP contribution in [-0.2, 0) is 22.3 Å². The summed E-state index contributed by atoms with van der Waals surface area (Å²) in [6, 6.07) is 6.45. The molecule has 2 aromatic rings. The van der Waals surface area contributed by atoms with Crippen molar-refractivity contribution < 1.29 is 36.3 Å². The Morgan fingerprint density at radius 3 is 2.61 bits per heavy atom. The Balaban J connectivity index is 1.45. The fraction of sp³-hybridized carbons (Fsp3) is 0.333. The van der Waals surface area contributed by atoms with Crippen molar-refractivity contribution in [2.24, 2.45) is 0 Å². The van der Waals surface area contributed by atoms with Crippen molar-refractivity contribution in [1.82, 2.24) is 4.90 Å². The summed E-state index contributed by atoms with van der Waals surface area (Å²) in [6.07, 6.45) is -2.20. The van der Waals surface area contributed by atoms with Crippen LogP contribution in [0.2, 0.25) is 0 Å². The minimum Gasteiger partial charge on any atom is -0.490 e. The fourth-order valence-corrected chi connectivity index (χ4v) is 4.37. The van der Waals surface area contributed by atoms with Crippen LogP contribution in [0.1, 0.15) is 36.5 Å². The summed E-state index contributed by atoms with van der Waals surface area (Å²) >= 11 is 0. The number of ketones is 1. The first kappa shape index (κ1) is 27.3. The Morgan fingerprint density at radius 2 is 1.95 bits per heavy atom. The molecule has 0 bridgehead atoms. The number of allylic oxidation sites excluding steroid dienone is 4. The molecule has 0 radical (unpaired) electrons. The number of carbonyl (C=O) groups excluding carboxylic acids is 2. The first-order valence-electron chi connectivity index (χ1n) is 12.1. The molecule has 6 nitrogen and oxygen atoms in total. The average molecular weight is 536 g/mol. The molecule has 4 rings (SSSR count). The van der Waals surface area contributed by atoms with Gasteiger partial charge in [-0.2, -0.15) is 13.2 Å². The van der Waals surface area contributed by atoms with E-state index in [1.807, 2.05) is 0 Å². The molecule has 38 heavy (non-hydrogen) atoms. The molecule has 202 valence electrons. The topological polar surface area (TPSA) is 70.7 Å². The Hall–Kier alpha value is -3.73. The minimum atomic E-state index is -4.69. The summed E-state index contributed by atoms with van der Waals surface area (Å²) in [7, 11) is 0. The van der Waals surface area contributed by atoms with Gasteiger partial charge in [-0.1, -0.05) is 18.2 Å². The molecular weight excluding hydrogens is 509 g/mol. The number of hydrogen-bond acceptors (Lipinski definition) is 4. The summed E-state index contributed by atoms with van der Waals surface area (Å²) in [6.45, 7) is 2.42. The Bertz CT molecular complexity index is 1290. The fourth-order valence-electron chi connectivity index (χ4n) is 4.37. The van der Waals surface area contributed by atoms with Crippen LogP contribution in [0.25, 0.3) is 5.57 Å². The van der Waals surface area contributed by atoms with Gasteiger partial charge in [0.1, 0.15) is 12.0 Å². The van der Waals surface area contributed by atoms with Crippen LogP contribution in [0, 0.1) is 5.82 Å². The highest BCUT2D eigenvalue weighted by Gasteiger charge is 2.35. The second-order valence-corrected chi connectivity index (χ2v) is 8.99. The van der Waals surface area contributed by atoms with Crippen molar-refractivity contribution in [2.75, 3.05) is 30.3 Å². The lowest BCUT2D eigenvalue weighted by Crippen LogP contribution is -2.24. The van der Waals surface area contributed by atoms with Crippen molar-refractivity contribution in [3.63, 3.8) is 0 Å². The number of halogens is 5. The van der Waals surface area contributed by atoms with Crippen LogP contribution in [0.4, 0.5) is 38.1 Å². The monoisotopic (exact) mass is 535 g/mol. The van der Waals surface area contributed by atoms with Crippen molar-refractivity contribution in [1.29, 1.82) is 0 Å². The maximum atomic E-state index is 14.8. The van der Waals surface area contributed by atoms with Crippen LogP contribution in [0.3, 0.4) is 0 Å². The van der Waals surface area contributed by atoms with Gasteiger partial charge in [-0.3, -0.25) is 9.69 Å². The Labute approximate surface area is 216 Å². The van der Waals surface area contributed by atoms with E-state index in [2.05, 4.69) is 10.6 Å². The van der Waals surface area contributed by atoms with Gasteiger partial charge in [0.05, 0.1) is 17.9 Å². The minimum absolute atomic E-state index is 0.0283. The van der Waals surface area contributed by atoms with Gasteiger partial charge in [0, 0.05) is 31.7 Å². The predicted octanol–water partition coefficient (Wildman–Crippen LogP) is 6.31. The van der Waals surface area contributed by atoms with Crippen LogP contribution in [-0.4, -0.2) is 42.6 Å². The summed E-state index contributed by atoms with van der Waals surface area (Å²) < 4.78 is 74.6. The molecule has 1 atom stereocenters. The van der Waals surface area contributed by atoms with E-state index in [1.54, 1.807) is 17.9 Å². The number of Topliss-reactive ketones (excluding diaryl/α,β-unsaturated/α-hetero) is 1. The highest BCUT2D eigenvalue weighted by molar-refractivity contribution is 6.02. The van der Waals surface area contributed by atoms with Crippen molar-refractivity contribution in [3.05, 3.63) is 76.8 Å². The third-order valence-electron chi connectivity index (χ3n) is 6.20. The molecule has 1 aliphatic heterocycles. The van der Waals surface area contributed by atoms with Gasteiger partial charge in [0.2, 0.25) is 5.78 Å². The number of urea groups is 1. The zero-order valence-electron chi connectivity index (χ0n) is 20.5. The molecule has 1 aliphatic carbocycles. The van der Waals surface area contributed by atoms with Gasteiger partial charge in [-0.15, -0.1) is 0 Å². The van der Waals surface area contributed by atoms with Gasteiger partial charge < -0.3 is 15.4 Å². The normalized spacial score (nSPS) is 18.2. The Morgan fingerprint density at radius 1 is 1.16 bits per heavy atom. The molecule has 0 spiro atoms. The standard InChI is InChI=1S/C27H26F5N3O3/c1-2-38-25-12-17(5-8-24(25)36)16-4-7-23(22(29)11-16)34-26(37)33-20-6-3-18(21(13-20)27(30,31)32)14-35-10-9-19(28)15-35/h3-7,11-13,19H,2,8-10,14-15H2,1H3,(H2,33,34,37)/t19-/m0/s1. The average Bonchev–Trinajstić information content (AvgIpc) is 3.26. The molecule has 2 aliphatic rings. The number of ether oxygens (including phenoxy) is 1. The number of likely N-dealkylation sites (tertiary alicyclic amines) is 1. The van der Waals surface area contributed by atoms with Crippen LogP contribution < -0.4 is 10.6 Å². The lowest BCUT2D eigenvalue weighted by Gasteiger charge is -2.20. The van der Waals surface area contributed by atoms with E-state index in [9.17, 15) is 31.5 Å². The predicted molar refractivity (Wildman–Crippen MR) is 133 cm³/mol. The van der Waals surface area contributed by atoms with E-state index >= 15 is 0 Å². The number of nitrogens with one attached hydrogen (secondary N) is 2. The SMILES string of the molecule is CCOC1=CC(c2ccc(NC(=O)Nc3ccc(CN4CC[C@H](F)C4)c(C(F)(F)F)c3)c(F)c2)=CCC1=O. The van der Waals surface area contributed by atoms with E-state index in [4.69, 9.17) is 4.74 Å². The number of amides is 2. The summed E-state index contributed by atoms with van der Waals surface area (Å²) in [5.74, 6) is -0.773. The second kappa shape index (κ2) is 11.3.